The van der Waals surface area contributed by atoms with Gasteiger partial charge in [-0.3, -0.25) is 3.07 Å². The molecule has 3 aromatic rings. The number of piperidine rings is 1. The molecule has 1 fully saturated rings. The van der Waals surface area contributed by atoms with E-state index in [9.17, 15) is 0 Å². The van der Waals surface area contributed by atoms with Gasteiger partial charge in [-0.2, -0.15) is 0 Å². The van der Waals surface area contributed by atoms with E-state index in [0.29, 0.717) is 29.8 Å². The predicted molar refractivity (Wildman–Crippen MR) is 139 cm³/mol. The van der Waals surface area contributed by atoms with Crippen molar-refractivity contribution in [2.75, 3.05) is 18.8 Å². The van der Waals surface area contributed by atoms with Crippen LogP contribution in [0.15, 0.2) is 36.8 Å². The van der Waals surface area contributed by atoms with Crippen molar-refractivity contribution >= 4 is 40.2 Å². The molecule has 172 valence electrons. The van der Waals surface area contributed by atoms with E-state index in [-0.39, 0.29) is 0 Å². The van der Waals surface area contributed by atoms with Crippen LogP contribution in [0.4, 0.5) is 5.82 Å². The third kappa shape index (κ3) is 6.41. The molecule has 1 saturated heterocycles. The van der Waals surface area contributed by atoms with Crippen LogP contribution < -0.4 is 15.8 Å². The molecule has 9 heteroatoms. The number of rotatable bonds is 6. The second kappa shape index (κ2) is 10.8. The minimum atomic E-state index is -0.552. The van der Waals surface area contributed by atoms with E-state index < -0.39 is 5.60 Å². The Balaban J connectivity index is 1.46. The van der Waals surface area contributed by atoms with Crippen LogP contribution in [0, 0.1) is 11.8 Å². The van der Waals surface area contributed by atoms with Gasteiger partial charge in [0.15, 0.2) is 0 Å². The van der Waals surface area contributed by atoms with Gasteiger partial charge in [-0.15, -0.1) is 11.3 Å². The topological polar surface area (TPSA) is 95.2 Å². The van der Waals surface area contributed by atoms with Gasteiger partial charge in [-0.1, -0.05) is 5.92 Å². The molecule has 0 unspecified atom stereocenters. The first kappa shape index (κ1) is 23.9. The molecule has 0 saturated carbocycles. The number of thiazole rings is 1. The molecule has 33 heavy (non-hydrogen) atoms. The minimum Gasteiger partial charge on any atom is -0.489 e. The van der Waals surface area contributed by atoms with E-state index in [1.807, 2.05) is 49.1 Å². The highest BCUT2D eigenvalue weighted by Gasteiger charge is 2.19. The Kier molecular flexibility index (Phi) is 7.80. The summed E-state index contributed by atoms with van der Waals surface area (Å²) in [6, 6.07) is 5.63. The van der Waals surface area contributed by atoms with E-state index in [1.165, 1.54) is 5.01 Å². The van der Waals surface area contributed by atoms with E-state index in [2.05, 4.69) is 32.1 Å². The van der Waals surface area contributed by atoms with Gasteiger partial charge in [-0.05, 0) is 57.8 Å². The molecule has 7 nitrogen and oxygen atoms in total. The van der Waals surface area contributed by atoms with Gasteiger partial charge in [0.2, 0.25) is 0 Å². The molecule has 1 aliphatic heterocycles. The Morgan fingerprint density at radius 1 is 1.21 bits per heavy atom. The lowest BCUT2D eigenvalue weighted by Crippen LogP contribution is -2.26. The van der Waals surface area contributed by atoms with Crippen LogP contribution in [-0.2, 0) is 9.67 Å². The highest BCUT2D eigenvalue weighted by Crippen LogP contribution is 2.34. The lowest BCUT2D eigenvalue weighted by Gasteiger charge is -2.20. The number of nitrogens with zero attached hydrogens (tertiary/aromatic N) is 3. The molecule has 0 amide bonds. The molecule has 0 bridgehead atoms. The molecule has 0 atom stereocenters. The Labute approximate surface area is 212 Å². The van der Waals surface area contributed by atoms with Crippen LogP contribution in [0.25, 0.3) is 10.4 Å². The van der Waals surface area contributed by atoms with E-state index >= 15 is 0 Å². The van der Waals surface area contributed by atoms with Gasteiger partial charge in [0.25, 0.3) is 0 Å². The summed E-state index contributed by atoms with van der Waals surface area (Å²) in [5.74, 6) is 7.73. The van der Waals surface area contributed by atoms with Crippen molar-refractivity contribution in [3.8, 4) is 28.0 Å². The van der Waals surface area contributed by atoms with Crippen LogP contribution in [0.3, 0.4) is 0 Å². The monoisotopic (exact) mass is 575 g/mol. The normalized spacial score (nSPS) is 14.5. The molecule has 3 aromatic heterocycles. The number of hydrogen-bond acceptors (Lipinski definition) is 8. The Hall–Kier alpha value is -2.26. The number of aromatic nitrogens is 3. The molecule has 4 rings (SSSR count). The molecule has 1 aliphatic rings. The van der Waals surface area contributed by atoms with Crippen LogP contribution in [0.1, 0.15) is 48.9 Å². The van der Waals surface area contributed by atoms with Crippen molar-refractivity contribution in [1.29, 1.82) is 0 Å². The van der Waals surface area contributed by atoms with Gasteiger partial charge in [0.05, 0.1) is 9.88 Å². The van der Waals surface area contributed by atoms with Crippen LogP contribution in [-0.4, -0.2) is 33.6 Å². The first-order valence-corrected chi connectivity index (χ1v) is 12.5. The quantitative estimate of drug-likeness (QED) is 0.324. The average molecular weight is 575 g/mol. The molecule has 0 radical (unpaired) electrons. The third-order valence-corrected chi connectivity index (χ3v) is 7.62. The standard InChI is InChI=1S/C24H26IN5O2S/c1-24(2,32-25)7-3-19-12-20(6-10-28-19)31-15-18-11-17(13-29-22(18)26)21-14-30-23(33-21)16-4-8-27-9-5-16/h6,10-14,16,27H,4-5,8-9,15H2,1-2H3,(H2,26,29). The van der Waals surface area contributed by atoms with E-state index in [0.717, 1.165) is 41.9 Å². The van der Waals surface area contributed by atoms with Crippen molar-refractivity contribution < 1.29 is 7.80 Å². The molecular formula is C24H26IN5O2S. The molecule has 0 aromatic carbocycles. The average Bonchev–Trinajstić information content (AvgIpc) is 3.34. The number of ether oxygens (including phenoxy) is 1. The zero-order valence-electron chi connectivity index (χ0n) is 18.6. The molecular weight excluding hydrogens is 549 g/mol. The van der Waals surface area contributed by atoms with Gasteiger partial charge in [-0.25, -0.2) is 15.0 Å². The smallest absolute Gasteiger partial charge is 0.135 e. The first-order valence-electron chi connectivity index (χ1n) is 10.8. The molecule has 3 N–H and O–H groups in total. The van der Waals surface area contributed by atoms with Crippen molar-refractivity contribution in [2.24, 2.45) is 0 Å². The summed E-state index contributed by atoms with van der Waals surface area (Å²) < 4.78 is 11.3. The Morgan fingerprint density at radius 2 is 2.03 bits per heavy atom. The van der Waals surface area contributed by atoms with Gasteiger partial charge >= 0.3 is 0 Å². The van der Waals surface area contributed by atoms with E-state index in [1.54, 1.807) is 35.9 Å². The highest BCUT2D eigenvalue weighted by molar-refractivity contribution is 14.1. The number of halogens is 1. The van der Waals surface area contributed by atoms with Crippen LogP contribution >= 0.6 is 34.3 Å². The fourth-order valence-electron chi connectivity index (χ4n) is 3.41. The number of nitrogen functional groups attached to an aromatic ring is 1. The Bertz CT molecular complexity index is 1160. The second-order valence-electron chi connectivity index (χ2n) is 8.36. The van der Waals surface area contributed by atoms with Gasteiger partial charge in [0.1, 0.15) is 52.5 Å². The van der Waals surface area contributed by atoms with Crippen LogP contribution in [0.2, 0.25) is 0 Å². The highest BCUT2D eigenvalue weighted by atomic mass is 127. The largest absolute Gasteiger partial charge is 0.489 e. The second-order valence-corrected chi connectivity index (χ2v) is 9.86. The van der Waals surface area contributed by atoms with Gasteiger partial charge < -0.3 is 15.8 Å². The number of nitrogens with two attached hydrogens (primary N) is 1. The lowest BCUT2D eigenvalue weighted by atomic mass is 9.99. The zero-order chi connectivity index (χ0) is 23.3. The predicted octanol–water partition coefficient (Wildman–Crippen LogP) is 4.73. The number of pyridine rings is 2. The summed E-state index contributed by atoms with van der Waals surface area (Å²) >= 11 is 3.59. The summed E-state index contributed by atoms with van der Waals surface area (Å²) in [5.41, 5.74) is 8.03. The number of hydrogen-bond donors (Lipinski definition) is 2. The van der Waals surface area contributed by atoms with Crippen molar-refractivity contribution in [2.45, 2.75) is 44.8 Å². The summed E-state index contributed by atoms with van der Waals surface area (Å²) in [4.78, 5) is 14.5. The zero-order valence-corrected chi connectivity index (χ0v) is 21.6. The summed E-state index contributed by atoms with van der Waals surface area (Å²) in [5, 5.41) is 4.60. The summed E-state index contributed by atoms with van der Waals surface area (Å²) in [7, 11) is 0. The number of nitrogens with one attached hydrogen (secondary N) is 1. The molecule has 0 spiro atoms. The van der Waals surface area contributed by atoms with Crippen molar-refractivity contribution in [3.63, 3.8) is 0 Å². The summed E-state index contributed by atoms with van der Waals surface area (Å²) in [6.07, 6.45) is 7.68. The first-order chi connectivity index (χ1) is 15.9. The SMILES string of the molecule is CC(C)(C#Cc1cc(OCc2cc(-c3cnc(C4CCNCC4)s3)cnc2N)ccn1)OI. The van der Waals surface area contributed by atoms with E-state index in [4.69, 9.17) is 13.5 Å². The van der Waals surface area contributed by atoms with Crippen molar-refractivity contribution in [3.05, 3.63) is 53.1 Å². The van der Waals surface area contributed by atoms with Gasteiger partial charge in [0, 0.05) is 41.7 Å². The lowest BCUT2D eigenvalue weighted by molar-refractivity contribution is 0.251. The van der Waals surface area contributed by atoms with Crippen molar-refractivity contribution in [1.82, 2.24) is 20.3 Å². The number of anilines is 1. The minimum absolute atomic E-state index is 0.297. The maximum atomic E-state index is 6.14. The van der Waals surface area contributed by atoms with Crippen LogP contribution in [0.5, 0.6) is 5.75 Å². The maximum Gasteiger partial charge on any atom is 0.135 e. The molecule has 0 aliphatic carbocycles. The fourth-order valence-corrected chi connectivity index (χ4v) is 4.59. The Morgan fingerprint density at radius 3 is 2.82 bits per heavy atom. The fraction of sp³-hybridized carbons (Fsp3) is 0.375. The third-order valence-electron chi connectivity index (χ3n) is 5.31. The molecule has 4 heterocycles. The summed E-state index contributed by atoms with van der Waals surface area (Å²) in [6.45, 7) is 6.20. The maximum absolute atomic E-state index is 6.14.